The maximum atomic E-state index is 13.5. The van der Waals surface area contributed by atoms with Crippen molar-refractivity contribution >= 4 is 11.6 Å². The van der Waals surface area contributed by atoms with E-state index in [9.17, 15) is 4.79 Å². The third kappa shape index (κ3) is 4.56. The summed E-state index contributed by atoms with van der Waals surface area (Å²) in [6.07, 6.45) is 4.70. The second kappa shape index (κ2) is 9.69. The maximum absolute atomic E-state index is 13.5. The zero-order valence-corrected chi connectivity index (χ0v) is 19.4. The first-order valence-electron chi connectivity index (χ1n) is 12.2. The highest BCUT2D eigenvalue weighted by molar-refractivity contribution is 5.80. The first kappa shape index (κ1) is 22.2. The SMILES string of the molecule is COc1ccccc1N1CCN(C(=O)[C@H]2C[NH+]3CC[C@@H]2C[C@@H]3Cn2cc(CCO)nn2)CC1. The standard InChI is InChI=1S/C24H34N6O3/c1-33-23-5-3-2-4-22(23)27-9-11-28(12-10-27)24(32)21-17-29-8-6-18(21)14-20(29)16-30-15-19(7-13-31)25-26-30/h2-5,15,18,20-21,31H,6-14,16-17H2,1H3/p+1/t18-,20-,21+/m1/s1. The Morgan fingerprint density at radius 1 is 1.24 bits per heavy atom. The van der Waals surface area contributed by atoms with Gasteiger partial charge in [-0.3, -0.25) is 4.79 Å². The van der Waals surface area contributed by atoms with Crippen LogP contribution in [0.15, 0.2) is 30.5 Å². The summed E-state index contributed by atoms with van der Waals surface area (Å²) in [5.74, 6) is 1.85. The summed E-state index contributed by atoms with van der Waals surface area (Å²) >= 11 is 0. The van der Waals surface area contributed by atoms with Gasteiger partial charge in [-0.1, -0.05) is 17.3 Å². The van der Waals surface area contributed by atoms with Crippen molar-refractivity contribution in [3.05, 3.63) is 36.2 Å². The molecule has 4 aliphatic rings. The zero-order valence-electron chi connectivity index (χ0n) is 19.4. The molecule has 4 aliphatic heterocycles. The number of piperazine rings is 1. The Hall–Kier alpha value is -2.65. The van der Waals surface area contributed by atoms with Gasteiger partial charge in [-0.05, 0) is 18.1 Å². The molecule has 6 rings (SSSR count). The second-order valence-corrected chi connectivity index (χ2v) is 9.59. The summed E-state index contributed by atoms with van der Waals surface area (Å²) in [6.45, 7) is 6.21. The van der Waals surface area contributed by atoms with E-state index in [-0.39, 0.29) is 12.5 Å². The number of carbonyl (C=O) groups is 1. The van der Waals surface area contributed by atoms with E-state index in [2.05, 4.69) is 26.2 Å². The molecule has 5 heterocycles. The summed E-state index contributed by atoms with van der Waals surface area (Å²) in [4.78, 5) is 19.4. The molecule has 1 unspecified atom stereocenters. The Balaban J connectivity index is 1.16. The fraction of sp³-hybridized carbons (Fsp3) is 0.625. The van der Waals surface area contributed by atoms with Crippen LogP contribution in [0.4, 0.5) is 5.69 Å². The van der Waals surface area contributed by atoms with Gasteiger partial charge in [0.15, 0.2) is 0 Å². The van der Waals surface area contributed by atoms with E-state index in [4.69, 9.17) is 9.84 Å². The fourth-order valence-electron chi connectivity index (χ4n) is 5.98. The first-order valence-corrected chi connectivity index (χ1v) is 12.2. The minimum absolute atomic E-state index is 0.0957. The highest BCUT2D eigenvalue weighted by Gasteiger charge is 2.48. The van der Waals surface area contributed by atoms with Gasteiger partial charge in [0.25, 0.3) is 0 Å². The topological polar surface area (TPSA) is 88.2 Å². The second-order valence-electron chi connectivity index (χ2n) is 9.59. The molecule has 2 N–H and O–H groups in total. The Morgan fingerprint density at radius 3 is 2.79 bits per heavy atom. The van der Waals surface area contributed by atoms with Gasteiger partial charge in [0.1, 0.15) is 11.8 Å². The van der Waals surface area contributed by atoms with E-state index in [1.165, 1.54) is 4.90 Å². The summed E-state index contributed by atoms with van der Waals surface area (Å²) in [5, 5.41) is 17.5. The number of para-hydroxylation sites is 2. The number of quaternary nitrogens is 1. The van der Waals surface area contributed by atoms with Gasteiger partial charge < -0.3 is 24.5 Å². The molecule has 0 radical (unpaired) electrons. The normalized spacial score (nSPS) is 27.1. The van der Waals surface area contributed by atoms with Gasteiger partial charge in [0.2, 0.25) is 5.91 Å². The lowest BCUT2D eigenvalue weighted by molar-refractivity contribution is -0.945. The quantitative estimate of drug-likeness (QED) is 0.583. The first-order chi connectivity index (χ1) is 16.2. The van der Waals surface area contributed by atoms with Crippen molar-refractivity contribution in [1.82, 2.24) is 19.9 Å². The molecule has 178 valence electrons. The molecule has 4 fully saturated rings. The van der Waals surface area contributed by atoms with Crippen LogP contribution in [0.5, 0.6) is 5.75 Å². The number of fused-ring (bicyclic) bond motifs is 3. The number of nitrogens with zero attached hydrogens (tertiary/aromatic N) is 5. The number of aliphatic hydroxyl groups is 1. The van der Waals surface area contributed by atoms with Crippen LogP contribution in [-0.2, 0) is 17.8 Å². The zero-order chi connectivity index (χ0) is 22.8. The Bertz CT molecular complexity index is 957. The van der Waals surface area contributed by atoms with Crippen LogP contribution in [0, 0.1) is 11.8 Å². The van der Waals surface area contributed by atoms with E-state index in [1.54, 1.807) is 7.11 Å². The lowest BCUT2D eigenvalue weighted by Gasteiger charge is -2.47. The summed E-state index contributed by atoms with van der Waals surface area (Å²) in [5.41, 5.74) is 1.95. The highest BCUT2D eigenvalue weighted by atomic mass is 16.5. The number of methoxy groups -OCH3 is 1. The number of hydrogen-bond acceptors (Lipinski definition) is 6. The summed E-state index contributed by atoms with van der Waals surface area (Å²) in [7, 11) is 1.71. The average Bonchev–Trinajstić information content (AvgIpc) is 3.31. The third-order valence-electron chi connectivity index (χ3n) is 7.75. The van der Waals surface area contributed by atoms with Gasteiger partial charge in [0, 0.05) is 58.2 Å². The molecule has 4 saturated heterocycles. The van der Waals surface area contributed by atoms with Gasteiger partial charge in [-0.15, -0.1) is 5.10 Å². The monoisotopic (exact) mass is 455 g/mol. The molecule has 2 aromatic rings. The van der Waals surface area contributed by atoms with Crippen LogP contribution in [0.25, 0.3) is 0 Å². The number of amides is 1. The number of hydrogen-bond donors (Lipinski definition) is 2. The number of benzene rings is 1. The van der Waals surface area contributed by atoms with E-state index >= 15 is 0 Å². The molecule has 1 aromatic heterocycles. The van der Waals surface area contributed by atoms with Gasteiger partial charge in [-0.2, -0.15) is 0 Å². The van der Waals surface area contributed by atoms with Crippen LogP contribution >= 0.6 is 0 Å². The van der Waals surface area contributed by atoms with Gasteiger partial charge in [0.05, 0.1) is 44.0 Å². The lowest BCUT2D eigenvalue weighted by Crippen LogP contribution is -3.20. The molecule has 9 nitrogen and oxygen atoms in total. The molecule has 1 aromatic carbocycles. The van der Waals surface area contributed by atoms with Crippen molar-refractivity contribution < 1.29 is 19.5 Å². The number of piperidine rings is 3. The van der Waals surface area contributed by atoms with E-state index in [0.29, 0.717) is 24.3 Å². The Morgan fingerprint density at radius 2 is 2.06 bits per heavy atom. The highest BCUT2D eigenvalue weighted by Crippen LogP contribution is 2.31. The molecule has 4 atom stereocenters. The minimum atomic E-state index is 0.0957. The molecule has 1 amide bonds. The summed E-state index contributed by atoms with van der Waals surface area (Å²) in [6, 6.07) is 8.59. The van der Waals surface area contributed by atoms with Crippen molar-refractivity contribution in [2.24, 2.45) is 11.8 Å². The van der Waals surface area contributed by atoms with Crippen molar-refractivity contribution in [2.75, 3.05) is 57.9 Å². The molecule has 9 heteroatoms. The largest absolute Gasteiger partial charge is 0.495 e. The van der Waals surface area contributed by atoms with Gasteiger partial charge >= 0.3 is 0 Å². The molecule has 0 aliphatic carbocycles. The lowest BCUT2D eigenvalue weighted by atomic mass is 9.75. The Kier molecular flexibility index (Phi) is 6.50. The van der Waals surface area contributed by atoms with Crippen LogP contribution in [0.1, 0.15) is 18.5 Å². The Labute approximate surface area is 194 Å². The number of anilines is 1. The maximum Gasteiger partial charge on any atom is 0.231 e. The predicted molar refractivity (Wildman–Crippen MR) is 123 cm³/mol. The number of aliphatic hydroxyl groups excluding tert-OH is 1. The van der Waals surface area contributed by atoms with Crippen molar-refractivity contribution in [2.45, 2.75) is 31.8 Å². The molecular weight excluding hydrogens is 420 g/mol. The van der Waals surface area contributed by atoms with Crippen molar-refractivity contribution in [1.29, 1.82) is 0 Å². The van der Waals surface area contributed by atoms with Crippen LogP contribution in [-0.4, -0.2) is 89.9 Å². The number of ether oxygens (including phenoxy) is 1. The molecule has 0 spiro atoms. The summed E-state index contributed by atoms with van der Waals surface area (Å²) < 4.78 is 7.44. The number of nitrogens with one attached hydrogen (secondary N) is 1. The van der Waals surface area contributed by atoms with E-state index < -0.39 is 0 Å². The number of carbonyl (C=O) groups excluding carboxylic acids is 1. The molecule has 2 bridgehead atoms. The van der Waals surface area contributed by atoms with Crippen molar-refractivity contribution in [3.63, 3.8) is 0 Å². The fourth-order valence-corrected chi connectivity index (χ4v) is 5.98. The van der Waals surface area contributed by atoms with Gasteiger partial charge in [-0.25, -0.2) is 4.68 Å². The smallest absolute Gasteiger partial charge is 0.231 e. The van der Waals surface area contributed by atoms with E-state index in [1.807, 2.05) is 29.1 Å². The van der Waals surface area contributed by atoms with E-state index in [0.717, 1.165) is 75.8 Å². The van der Waals surface area contributed by atoms with Crippen LogP contribution in [0.3, 0.4) is 0 Å². The van der Waals surface area contributed by atoms with Crippen LogP contribution < -0.4 is 14.5 Å². The van der Waals surface area contributed by atoms with Crippen molar-refractivity contribution in [3.8, 4) is 5.75 Å². The van der Waals surface area contributed by atoms with Crippen LogP contribution in [0.2, 0.25) is 0 Å². The third-order valence-corrected chi connectivity index (χ3v) is 7.75. The molecule has 0 saturated carbocycles. The molecular formula is C24H35N6O3+. The number of rotatable bonds is 7. The predicted octanol–water partition coefficient (Wildman–Crippen LogP) is -0.536. The average molecular weight is 456 g/mol. The number of aromatic nitrogens is 3. The minimum Gasteiger partial charge on any atom is -0.495 e. The molecule has 33 heavy (non-hydrogen) atoms.